The van der Waals surface area contributed by atoms with Crippen LogP contribution in [0.15, 0.2) is 36.5 Å². The van der Waals surface area contributed by atoms with Crippen LogP contribution in [0.2, 0.25) is 0 Å². The first-order valence-corrected chi connectivity index (χ1v) is 9.27. The van der Waals surface area contributed by atoms with E-state index in [1.54, 1.807) is 12.1 Å². The molecule has 2 aromatic rings. The highest BCUT2D eigenvalue weighted by atomic mass is 19.3. The maximum atomic E-state index is 13.7. The van der Waals surface area contributed by atoms with Gasteiger partial charge in [-0.15, -0.1) is 0 Å². The molecule has 0 bridgehead atoms. The van der Waals surface area contributed by atoms with E-state index < -0.39 is 18.1 Å². The quantitative estimate of drug-likeness (QED) is 0.647. The Hall–Kier alpha value is -2.74. The Labute approximate surface area is 169 Å². The van der Waals surface area contributed by atoms with Crippen LogP contribution in [0.25, 0.3) is 11.1 Å². The molecule has 1 amide bonds. The molecule has 1 aromatic carbocycles. The fraction of sp³-hybridized carbons (Fsp3) is 0.429. The molecule has 6 nitrogen and oxygen atoms in total. The molecule has 0 saturated heterocycles. The Morgan fingerprint density at radius 1 is 1.28 bits per heavy atom. The van der Waals surface area contributed by atoms with Gasteiger partial charge in [0.15, 0.2) is 0 Å². The Morgan fingerprint density at radius 2 is 1.93 bits per heavy atom. The standard InChI is InChI=1S/C21H27F2N3O3/c1-13(2)11-21(3,24)12-29-17-6-5-14(9-16(17)19(22)23)15-7-8-25-18(10-15)26(4)20(27)28/h5-10,13,19H,11-12,24H2,1-4H3,(H,27,28)/t21-/m0/s1. The number of nitrogens with two attached hydrogens (primary N) is 1. The minimum atomic E-state index is -2.73. The van der Waals surface area contributed by atoms with Crippen LogP contribution >= 0.6 is 0 Å². The molecule has 2 rings (SSSR count). The molecule has 0 spiro atoms. The number of halogens is 2. The van der Waals surface area contributed by atoms with Crippen molar-refractivity contribution in [1.82, 2.24) is 4.98 Å². The normalized spacial score (nSPS) is 13.4. The second kappa shape index (κ2) is 9.17. The van der Waals surface area contributed by atoms with Gasteiger partial charge in [0.25, 0.3) is 6.43 Å². The summed E-state index contributed by atoms with van der Waals surface area (Å²) >= 11 is 0. The minimum absolute atomic E-state index is 0.0844. The molecular formula is C21H27F2N3O3. The molecule has 1 heterocycles. The third-order valence-electron chi connectivity index (χ3n) is 4.39. The summed E-state index contributed by atoms with van der Waals surface area (Å²) in [4.78, 5) is 16.1. The number of carboxylic acid groups (broad SMARTS) is 1. The SMILES string of the molecule is CC(C)C[C@](C)(N)COc1ccc(-c2ccnc(N(C)C(=O)O)c2)cc1C(F)F. The van der Waals surface area contributed by atoms with E-state index in [4.69, 9.17) is 15.6 Å². The van der Waals surface area contributed by atoms with Gasteiger partial charge >= 0.3 is 6.09 Å². The number of nitrogens with zero attached hydrogens (tertiary/aromatic N) is 2. The van der Waals surface area contributed by atoms with Crippen molar-refractivity contribution < 1.29 is 23.4 Å². The summed E-state index contributed by atoms with van der Waals surface area (Å²) in [6.07, 6.45) is -1.77. The van der Waals surface area contributed by atoms with Crippen LogP contribution in [0.4, 0.5) is 19.4 Å². The largest absolute Gasteiger partial charge is 0.491 e. The van der Waals surface area contributed by atoms with Gasteiger partial charge in [-0.3, -0.25) is 4.90 Å². The van der Waals surface area contributed by atoms with E-state index in [0.29, 0.717) is 23.5 Å². The average molecular weight is 407 g/mol. The van der Waals surface area contributed by atoms with Gasteiger partial charge in [0.05, 0.1) is 5.56 Å². The monoisotopic (exact) mass is 407 g/mol. The molecule has 0 radical (unpaired) electrons. The van der Waals surface area contributed by atoms with Gasteiger partial charge in [0.1, 0.15) is 18.2 Å². The number of anilines is 1. The molecule has 3 N–H and O–H groups in total. The van der Waals surface area contributed by atoms with E-state index in [9.17, 15) is 13.6 Å². The van der Waals surface area contributed by atoms with Gasteiger partial charge in [-0.1, -0.05) is 19.9 Å². The maximum absolute atomic E-state index is 13.7. The van der Waals surface area contributed by atoms with Gasteiger partial charge in [0, 0.05) is 18.8 Å². The second-order valence-electron chi connectivity index (χ2n) is 7.84. The van der Waals surface area contributed by atoms with Crippen molar-refractivity contribution in [3.8, 4) is 16.9 Å². The number of benzene rings is 1. The number of pyridine rings is 1. The number of ether oxygens (including phenoxy) is 1. The fourth-order valence-corrected chi connectivity index (χ4v) is 3.14. The molecule has 158 valence electrons. The fourth-order valence-electron chi connectivity index (χ4n) is 3.14. The minimum Gasteiger partial charge on any atom is -0.491 e. The zero-order chi connectivity index (χ0) is 21.8. The number of rotatable bonds is 8. The van der Waals surface area contributed by atoms with Gasteiger partial charge in [-0.05, 0) is 54.7 Å². The molecule has 0 unspecified atom stereocenters. The predicted molar refractivity (Wildman–Crippen MR) is 109 cm³/mol. The van der Waals surface area contributed by atoms with Crippen LogP contribution in [0, 0.1) is 5.92 Å². The van der Waals surface area contributed by atoms with Crippen LogP contribution in [-0.2, 0) is 0 Å². The molecule has 0 aliphatic heterocycles. The number of hydrogen-bond donors (Lipinski definition) is 2. The maximum Gasteiger partial charge on any atom is 0.412 e. The van der Waals surface area contributed by atoms with Crippen molar-refractivity contribution in [3.63, 3.8) is 0 Å². The van der Waals surface area contributed by atoms with Crippen LogP contribution in [0.5, 0.6) is 5.75 Å². The first kappa shape index (κ1) is 22.5. The van der Waals surface area contributed by atoms with Crippen LogP contribution in [-0.4, -0.2) is 35.4 Å². The lowest BCUT2D eigenvalue weighted by molar-refractivity contribution is 0.140. The van der Waals surface area contributed by atoms with Gasteiger partial charge in [0.2, 0.25) is 0 Å². The van der Waals surface area contributed by atoms with E-state index in [-0.39, 0.29) is 23.7 Å². The molecule has 0 fully saturated rings. The van der Waals surface area contributed by atoms with E-state index in [2.05, 4.69) is 4.98 Å². The zero-order valence-corrected chi connectivity index (χ0v) is 17.0. The molecule has 1 aromatic heterocycles. The molecule has 29 heavy (non-hydrogen) atoms. The highest BCUT2D eigenvalue weighted by Crippen LogP contribution is 2.34. The van der Waals surface area contributed by atoms with E-state index >= 15 is 0 Å². The predicted octanol–water partition coefficient (Wildman–Crippen LogP) is 4.94. The molecule has 1 atom stereocenters. The van der Waals surface area contributed by atoms with Gasteiger partial charge in [-0.2, -0.15) is 0 Å². The number of carbonyl (C=O) groups is 1. The summed E-state index contributed by atoms with van der Waals surface area (Å²) in [5.41, 5.74) is 6.41. The summed E-state index contributed by atoms with van der Waals surface area (Å²) in [6, 6.07) is 7.64. The van der Waals surface area contributed by atoms with Crippen molar-refractivity contribution in [2.75, 3.05) is 18.6 Å². The zero-order valence-electron chi connectivity index (χ0n) is 17.0. The van der Waals surface area contributed by atoms with E-state index in [1.807, 2.05) is 20.8 Å². The number of amides is 1. The lowest BCUT2D eigenvalue weighted by Gasteiger charge is -2.27. The highest BCUT2D eigenvalue weighted by molar-refractivity contribution is 5.85. The number of aromatic nitrogens is 1. The first-order valence-electron chi connectivity index (χ1n) is 9.27. The van der Waals surface area contributed by atoms with E-state index in [1.165, 1.54) is 31.4 Å². The van der Waals surface area contributed by atoms with Crippen molar-refractivity contribution in [2.24, 2.45) is 11.7 Å². The van der Waals surface area contributed by atoms with Gasteiger partial charge < -0.3 is 15.6 Å². The van der Waals surface area contributed by atoms with Crippen molar-refractivity contribution in [1.29, 1.82) is 0 Å². The Bertz CT molecular complexity index is 857. The van der Waals surface area contributed by atoms with E-state index in [0.717, 1.165) is 4.90 Å². The first-order chi connectivity index (χ1) is 13.5. The lowest BCUT2D eigenvalue weighted by atomic mass is 9.93. The molecule has 0 saturated carbocycles. The van der Waals surface area contributed by atoms with Crippen LogP contribution in [0.1, 0.15) is 39.2 Å². The Morgan fingerprint density at radius 3 is 2.52 bits per heavy atom. The third-order valence-corrected chi connectivity index (χ3v) is 4.39. The van der Waals surface area contributed by atoms with Gasteiger partial charge in [-0.25, -0.2) is 18.6 Å². The Kier molecular flexibility index (Phi) is 7.13. The summed E-state index contributed by atoms with van der Waals surface area (Å²) in [5.74, 6) is 0.637. The smallest absolute Gasteiger partial charge is 0.412 e. The van der Waals surface area contributed by atoms with Crippen LogP contribution in [0.3, 0.4) is 0 Å². The van der Waals surface area contributed by atoms with Crippen molar-refractivity contribution >= 4 is 11.9 Å². The molecular weight excluding hydrogens is 380 g/mol. The molecule has 8 heteroatoms. The summed E-state index contributed by atoms with van der Waals surface area (Å²) in [5, 5.41) is 9.09. The summed E-state index contributed by atoms with van der Waals surface area (Å²) in [7, 11) is 1.36. The lowest BCUT2D eigenvalue weighted by Crippen LogP contribution is -2.43. The molecule has 0 aliphatic rings. The average Bonchev–Trinajstić information content (AvgIpc) is 2.64. The summed E-state index contributed by atoms with van der Waals surface area (Å²) < 4.78 is 33.0. The topological polar surface area (TPSA) is 88.7 Å². The Balaban J connectivity index is 2.30. The number of hydrogen-bond acceptors (Lipinski definition) is 4. The van der Waals surface area contributed by atoms with Crippen LogP contribution < -0.4 is 15.4 Å². The summed E-state index contributed by atoms with van der Waals surface area (Å²) in [6.45, 7) is 6.03. The second-order valence-corrected chi connectivity index (χ2v) is 7.84. The third kappa shape index (κ3) is 6.12. The van der Waals surface area contributed by atoms with Crippen molar-refractivity contribution in [2.45, 2.75) is 39.2 Å². The number of alkyl halides is 2. The van der Waals surface area contributed by atoms with Crippen molar-refractivity contribution in [3.05, 3.63) is 42.1 Å². The molecule has 0 aliphatic carbocycles. The highest BCUT2D eigenvalue weighted by Gasteiger charge is 2.23.